The normalized spacial score (nSPS) is 10.1. The summed E-state index contributed by atoms with van der Waals surface area (Å²) in [5.41, 5.74) is 1.81. The lowest BCUT2D eigenvalue weighted by Crippen LogP contribution is -1.97. The summed E-state index contributed by atoms with van der Waals surface area (Å²) in [7, 11) is 0. The highest BCUT2D eigenvalue weighted by atomic mass is 35.5. The molecule has 0 amide bonds. The van der Waals surface area contributed by atoms with Crippen LogP contribution in [0.2, 0.25) is 5.02 Å². The molecule has 0 saturated carbocycles. The van der Waals surface area contributed by atoms with Crippen molar-refractivity contribution in [3.05, 3.63) is 40.4 Å². The monoisotopic (exact) mass is 224 g/mol. The maximum Gasteiger partial charge on any atom is 0.163 e. The number of carbonyl (C=O) groups excluding carboxylic acids is 1. The fourth-order valence-corrected chi connectivity index (χ4v) is 1.62. The Bertz CT molecular complexity index is 422. The first-order valence-electron chi connectivity index (χ1n) is 4.58. The van der Waals surface area contributed by atoms with Crippen molar-refractivity contribution >= 4 is 17.4 Å². The van der Waals surface area contributed by atoms with E-state index < -0.39 is 0 Å². The number of benzene rings is 1. The zero-order chi connectivity index (χ0) is 11.6. The van der Waals surface area contributed by atoms with Gasteiger partial charge in [0.2, 0.25) is 0 Å². The van der Waals surface area contributed by atoms with Crippen molar-refractivity contribution in [2.75, 3.05) is 0 Å². The van der Waals surface area contributed by atoms with E-state index in [9.17, 15) is 9.90 Å². The number of rotatable bonds is 3. The van der Waals surface area contributed by atoms with Crippen molar-refractivity contribution < 1.29 is 9.90 Å². The molecule has 0 unspecified atom stereocenters. The first-order chi connectivity index (χ1) is 6.91. The smallest absolute Gasteiger partial charge is 0.163 e. The van der Waals surface area contributed by atoms with Crippen LogP contribution in [-0.4, -0.2) is 10.9 Å². The van der Waals surface area contributed by atoms with Gasteiger partial charge in [-0.15, -0.1) is 0 Å². The highest BCUT2D eigenvalue weighted by Gasteiger charge is 2.12. The minimum atomic E-state index is -0.196. The number of aromatic hydroxyl groups is 1. The summed E-state index contributed by atoms with van der Waals surface area (Å²) in [5, 5.41) is 10.3. The van der Waals surface area contributed by atoms with Crippen molar-refractivity contribution in [1.29, 1.82) is 0 Å². The molecule has 2 nitrogen and oxygen atoms in total. The zero-order valence-corrected chi connectivity index (χ0v) is 9.56. The zero-order valence-electron chi connectivity index (χ0n) is 8.80. The Labute approximate surface area is 94.2 Å². The van der Waals surface area contributed by atoms with Crippen LogP contribution in [-0.2, 0) is 6.42 Å². The number of carbonyl (C=O) groups is 1. The van der Waals surface area contributed by atoms with E-state index in [-0.39, 0.29) is 17.1 Å². The number of phenolic OH excluding ortho intramolecular Hbond substituents is 1. The largest absolute Gasteiger partial charge is 0.507 e. The highest BCUT2D eigenvalue weighted by molar-refractivity contribution is 6.31. The molecule has 1 N–H and O–H groups in total. The van der Waals surface area contributed by atoms with Crippen molar-refractivity contribution in [2.45, 2.75) is 20.3 Å². The van der Waals surface area contributed by atoms with Gasteiger partial charge in [-0.05, 0) is 32.4 Å². The number of halogens is 1. The molecule has 1 aromatic carbocycles. The van der Waals surface area contributed by atoms with E-state index in [0.29, 0.717) is 17.0 Å². The minimum Gasteiger partial charge on any atom is -0.507 e. The Morgan fingerprint density at radius 2 is 2.07 bits per heavy atom. The van der Waals surface area contributed by atoms with Crippen LogP contribution in [0.3, 0.4) is 0 Å². The van der Waals surface area contributed by atoms with E-state index in [2.05, 4.69) is 6.58 Å². The molecule has 0 aliphatic heterocycles. The molecule has 0 fully saturated rings. The van der Waals surface area contributed by atoms with E-state index in [1.165, 1.54) is 13.0 Å². The summed E-state index contributed by atoms with van der Waals surface area (Å²) in [4.78, 5) is 11.2. The average Bonchev–Trinajstić information content (AvgIpc) is 2.09. The van der Waals surface area contributed by atoms with Crippen molar-refractivity contribution in [1.82, 2.24) is 0 Å². The highest BCUT2D eigenvalue weighted by Crippen LogP contribution is 2.29. The molecule has 0 spiro atoms. The molecule has 1 rings (SSSR count). The van der Waals surface area contributed by atoms with Crippen molar-refractivity contribution in [3.63, 3.8) is 0 Å². The lowest BCUT2D eigenvalue weighted by molar-refractivity contribution is 0.101. The van der Waals surface area contributed by atoms with Crippen LogP contribution in [0.5, 0.6) is 5.75 Å². The van der Waals surface area contributed by atoms with Gasteiger partial charge in [0.1, 0.15) is 5.75 Å². The molecule has 0 bridgehead atoms. The molecule has 0 aliphatic carbocycles. The molecule has 1 aromatic rings. The second-order valence-electron chi connectivity index (χ2n) is 3.65. The summed E-state index contributed by atoms with van der Waals surface area (Å²) in [6, 6.07) is 3.12. The van der Waals surface area contributed by atoms with E-state index >= 15 is 0 Å². The van der Waals surface area contributed by atoms with Crippen LogP contribution in [0.15, 0.2) is 24.3 Å². The molecule has 0 radical (unpaired) electrons. The summed E-state index contributed by atoms with van der Waals surface area (Å²) in [5.74, 6) is -0.187. The lowest BCUT2D eigenvalue weighted by atomic mass is 10.0. The van der Waals surface area contributed by atoms with Crippen molar-refractivity contribution in [2.24, 2.45) is 0 Å². The van der Waals surface area contributed by atoms with Crippen LogP contribution >= 0.6 is 11.6 Å². The van der Waals surface area contributed by atoms with Gasteiger partial charge in [-0.25, -0.2) is 0 Å². The van der Waals surface area contributed by atoms with E-state index in [4.69, 9.17) is 11.6 Å². The Morgan fingerprint density at radius 1 is 1.47 bits per heavy atom. The number of phenols is 1. The van der Waals surface area contributed by atoms with Gasteiger partial charge in [-0.2, -0.15) is 0 Å². The maximum absolute atomic E-state index is 11.2. The Balaban J connectivity index is 3.28. The summed E-state index contributed by atoms with van der Waals surface area (Å²) in [6.45, 7) is 7.01. The van der Waals surface area contributed by atoms with E-state index in [0.717, 1.165) is 5.57 Å². The van der Waals surface area contributed by atoms with Gasteiger partial charge in [0, 0.05) is 10.6 Å². The summed E-state index contributed by atoms with van der Waals surface area (Å²) in [6.07, 6.45) is 0.521. The molecule has 80 valence electrons. The number of allylic oxidation sites excluding steroid dienone is 1. The molecule has 0 saturated heterocycles. The number of Topliss-reactive ketones (excluding diaryl/α,β-unsaturated/α-hetero) is 1. The van der Waals surface area contributed by atoms with E-state index in [1.807, 2.05) is 6.92 Å². The molecule has 0 aliphatic rings. The number of ketones is 1. The molecule has 3 heteroatoms. The van der Waals surface area contributed by atoms with Crippen LogP contribution in [0.1, 0.15) is 29.8 Å². The first kappa shape index (κ1) is 11.8. The van der Waals surface area contributed by atoms with Gasteiger partial charge in [0.15, 0.2) is 5.78 Å². The quantitative estimate of drug-likeness (QED) is 0.632. The average molecular weight is 225 g/mol. The second kappa shape index (κ2) is 4.49. The molecule has 0 aromatic heterocycles. The van der Waals surface area contributed by atoms with Gasteiger partial charge in [0.25, 0.3) is 0 Å². The second-order valence-corrected chi connectivity index (χ2v) is 4.09. The molecular formula is C12H13ClO2. The van der Waals surface area contributed by atoms with Crippen LogP contribution in [0.4, 0.5) is 0 Å². The van der Waals surface area contributed by atoms with Gasteiger partial charge < -0.3 is 5.11 Å². The SMILES string of the molecule is C=C(C)Cc1cc(Cl)cc(C(C)=O)c1O. The Kier molecular flexibility index (Phi) is 3.53. The maximum atomic E-state index is 11.2. The van der Waals surface area contributed by atoms with Crippen LogP contribution in [0.25, 0.3) is 0 Å². The van der Waals surface area contributed by atoms with Crippen LogP contribution < -0.4 is 0 Å². The third kappa shape index (κ3) is 2.83. The van der Waals surface area contributed by atoms with Gasteiger partial charge in [-0.1, -0.05) is 23.8 Å². The fourth-order valence-electron chi connectivity index (χ4n) is 1.38. The van der Waals surface area contributed by atoms with Gasteiger partial charge in [0.05, 0.1) is 5.56 Å². The Hall–Kier alpha value is -1.28. The van der Waals surface area contributed by atoms with Gasteiger partial charge in [-0.3, -0.25) is 4.79 Å². The molecule has 15 heavy (non-hydrogen) atoms. The van der Waals surface area contributed by atoms with Gasteiger partial charge >= 0.3 is 0 Å². The lowest BCUT2D eigenvalue weighted by Gasteiger charge is -2.08. The first-order valence-corrected chi connectivity index (χ1v) is 4.96. The predicted octanol–water partition coefficient (Wildman–Crippen LogP) is 3.37. The third-order valence-corrected chi connectivity index (χ3v) is 2.24. The molecular weight excluding hydrogens is 212 g/mol. The number of hydrogen-bond donors (Lipinski definition) is 1. The third-order valence-electron chi connectivity index (χ3n) is 2.03. The predicted molar refractivity (Wildman–Crippen MR) is 61.6 cm³/mol. The van der Waals surface area contributed by atoms with Crippen LogP contribution in [0, 0.1) is 0 Å². The molecule has 0 atom stereocenters. The minimum absolute atomic E-state index is 0.00917. The summed E-state index contributed by atoms with van der Waals surface area (Å²) >= 11 is 5.86. The van der Waals surface area contributed by atoms with Crippen molar-refractivity contribution in [3.8, 4) is 5.75 Å². The number of hydrogen-bond acceptors (Lipinski definition) is 2. The standard InChI is InChI=1S/C12H13ClO2/c1-7(2)4-9-5-10(13)6-11(8(3)14)12(9)15/h5-6,15H,1,4H2,2-3H3. The Morgan fingerprint density at radius 3 is 2.53 bits per heavy atom. The fraction of sp³-hybridized carbons (Fsp3) is 0.250. The van der Waals surface area contributed by atoms with E-state index in [1.54, 1.807) is 6.07 Å². The topological polar surface area (TPSA) is 37.3 Å². The molecule has 0 heterocycles. The summed E-state index contributed by atoms with van der Waals surface area (Å²) < 4.78 is 0.